The predicted molar refractivity (Wildman–Crippen MR) is 59.2 cm³/mol. The van der Waals surface area contributed by atoms with Crippen molar-refractivity contribution in [1.82, 2.24) is 24.5 Å². The van der Waals surface area contributed by atoms with E-state index in [1.165, 1.54) is 13.4 Å². The number of hydrogen-bond donors (Lipinski definition) is 1. The van der Waals surface area contributed by atoms with Gasteiger partial charge in [0, 0.05) is 13.2 Å². The van der Waals surface area contributed by atoms with Crippen LogP contribution in [0, 0.1) is 5.82 Å². The maximum Gasteiger partial charge on any atom is 0.244 e. The van der Waals surface area contributed by atoms with Crippen LogP contribution in [-0.2, 0) is 16.6 Å². The highest BCUT2D eigenvalue weighted by atomic mass is 32.2. The lowest BCUT2D eigenvalue weighted by molar-refractivity contribution is 0.456. The molecule has 0 unspecified atom stereocenters. The van der Waals surface area contributed by atoms with Crippen LogP contribution in [0.4, 0.5) is 4.39 Å². The summed E-state index contributed by atoms with van der Waals surface area (Å²) >= 11 is 0. The second-order valence-electron chi connectivity index (χ2n) is 3.53. The quantitative estimate of drug-likeness (QED) is 0.855. The molecule has 2 aromatic rings. The fourth-order valence-electron chi connectivity index (χ4n) is 1.32. The first-order valence-electron chi connectivity index (χ1n) is 4.91. The summed E-state index contributed by atoms with van der Waals surface area (Å²) in [5.41, 5.74) is 0. The second kappa shape index (κ2) is 4.78. The van der Waals surface area contributed by atoms with Crippen molar-refractivity contribution in [3.63, 3.8) is 0 Å². The van der Waals surface area contributed by atoms with E-state index in [9.17, 15) is 12.8 Å². The van der Waals surface area contributed by atoms with Gasteiger partial charge in [-0.1, -0.05) is 0 Å². The van der Waals surface area contributed by atoms with Crippen molar-refractivity contribution >= 4 is 10.0 Å². The van der Waals surface area contributed by atoms with Crippen molar-refractivity contribution in [1.29, 1.82) is 0 Å². The van der Waals surface area contributed by atoms with Crippen LogP contribution in [0.15, 0.2) is 29.7 Å². The van der Waals surface area contributed by atoms with Gasteiger partial charge in [0.1, 0.15) is 22.9 Å². The van der Waals surface area contributed by atoms with Gasteiger partial charge in [-0.25, -0.2) is 17.8 Å². The number of nitrogens with zero attached hydrogens (tertiary/aromatic N) is 4. The fourth-order valence-corrected chi connectivity index (χ4v) is 2.42. The Balaban J connectivity index is 2.25. The van der Waals surface area contributed by atoms with Crippen LogP contribution in [0.5, 0.6) is 0 Å². The van der Waals surface area contributed by atoms with Crippen molar-refractivity contribution in [2.75, 3.05) is 7.05 Å². The molecule has 7 nitrogen and oxygen atoms in total. The summed E-state index contributed by atoms with van der Waals surface area (Å²) < 4.78 is 38.1. The standard InChI is InChI=1S/C9H10FN5O2S/c1-15(5-9-12-6-13-14-9)18(16,17)8-2-7(10)3-11-4-8/h2-4,6H,5H2,1H3,(H,12,13,14). The van der Waals surface area contributed by atoms with Crippen LogP contribution in [0.25, 0.3) is 0 Å². The molecule has 0 aliphatic heterocycles. The molecule has 0 radical (unpaired) electrons. The largest absolute Gasteiger partial charge is 0.262 e. The summed E-state index contributed by atoms with van der Waals surface area (Å²) in [7, 11) is -2.43. The first-order chi connectivity index (χ1) is 8.50. The summed E-state index contributed by atoms with van der Waals surface area (Å²) in [5, 5.41) is 6.16. The second-order valence-corrected chi connectivity index (χ2v) is 5.58. The molecule has 0 saturated heterocycles. The third-order valence-corrected chi connectivity index (χ3v) is 3.99. The molecule has 96 valence electrons. The number of rotatable bonds is 4. The van der Waals surface area contributed by atoms with E-state index in [1.54, 1.807) is 0 Å². The van der Waals surface area contributed by atoms with Gasteiger partial charge in [0.25, 0.3) is 0 Å². The van der Waals surface area contributed by atoms with E-state index in [0.29, 0.717) is 5.82 Å². The maximum absolute atomic E-state index is 13.0. The average molecular weight is 271 g/mol. The highest BCUT2D eigenvalue weighted by molar-refractivity contribution is 7.89. The number of halogens is 1. The number of aromatic amines is 1. The SMILES string of the molecule is CN(Cc1ncn[nH]1)S(=O)(=O)c1cncc(F)c1. The van der Waals surface area contributed by atoms with Crippen molar-refractivity contribution in [3.8, 4) is 0 Å². The van der Waals surface area contributed by atoms with Crippen LogP contribution in [0.3, 0.4) is 0 Å². The van der Waals surface area contributed by atoms with Gasteiger partial charge in [0.05, 0.1) is 12.7 Å². The van der Waals surface area contributed by atoms with E-state index in [1.807, 2.05) is 0 Å². The number of pyridine rings is 1. The van der Waals surface area contributed by atoms with E-state index in [2.05, 4.69) is 20.2 Å². The topological polar surface area (TPSA) is 91.8 Å². The van der Waals surface area contributed by atoms with Crippen molar-refractivity contribution in [2.45, 2.75) is 11.4 Å². The highest BCUT2D eigenvalue weighted by Gasteiger charge is 2.22. The van der Waals surface area contributed by atoms with Gasteiger partial charge in [-0.15, -0.1) is 0 Å². The number of H-pyrrole nitrogens is 1. The Hall–Kier alpha value is -1.87. The summed E-state index contributed by atoms with van der Waals surface area (Å²) in [4.78, 5) is 7.13. The lowest BCUT2D eigenvalue weighted by atomic mass is 10.5. The molecule has 2 heterocycles. The molecule has 0 bridgehead atoms. The van der Waals surface area contributed by atoms with Crippen molar-refractivity contribution in [2.24, 2.45) is 0 Å². The number of sulfonamides is 1. The first-order valence-corrected chi connectivity index (χ1v) is 6.35. The zero-order chi connectivity index (χ0) is 13.2. The van der Waals surface area contributed by atoms with E-state index in [4.69, 9.17) is 0 Å². The Labute approximate surface area is 103 Å². The maximum atomic E-state index is 13.0. The van der Waals surface area contributed by atoms with Crippen LogP contribution < -0.4 is 0 Å². The monoisotopic (exact) mass is 271 g/mol. The fraction of sp³-hybridized carbons (Fsp3) is 0.222. The molecule has 0 aliphatic carbocycles. The highest BCUT2D eigenvalue weighted by Crippen LogP contribution is 2.15. The van der Waals surface area contributed by atoms with Gasteiger partial charge < -0.3 is 0 Å². The third-order valence-electron chi connectivity index (χ3n) is 2.23. The molecule has 0 fully saturated rings. The molecular weight excluding hydrogens is 261 g/mol. The van der Waals surface area contributed by atoms with Gasteiger partial charge in [-0.3, -0.25) is 10.1 Å². The molecule has 9 heteroatoms. The summed E-state index contributed by atoms with van der Waals surface area (Å²) in [6.07, 6.45) is 3.31. The van der Waals surface area contributed by atoms with Crippen LogP contribution in [-0.4, -0.2) is 39.9 Å². The van der Waals surface area contributed by atoms with E-state index in [-0.39, 0.29) is 11.4 Å². The number of aromatic nitrogens is 4. The minimum atomic E-state index is -3.79. The smallest absolute Gasteiger partial charge is 0.244 e. The number of nitrogens with one attached hydrogen (secondary N) is 1. The van der Waals surface area contributed by atoms with Gasteiger partial charge in [0.15, 0.2) is 0 Å². The summed E-state index contributed by atoms with van der Waals surface area (Å²) in [6.45, 7) is 0.0127. The normalized spacial score (nSPS) is 11.9. The van der Waals surface area contributed by atoms with Gasteiger partial charge in [-0.05, 0) is 6.07 Å². The molecule has 0 amide bonds. The molecule has 0 saturated carbocycles. The molecule has 0 spiro atoms. The van der Waals surface area contributed by atoms with Crippen LogP contribution >= 0.6 is 0 Å². The molecule has 0 aromatic carbocycles. The van der Waals surface area contributed by atoms with Gasteiger partial charge >= 0.3 is 0 Å². The summed E-state index contributed by atoms with van der Waals surface area (Å²) in [6, 6.07) is 0.916. The van der Waals surface area contributed by atoms with E-state index in [0.717, 1.165) is 22.8 Å². The molecule has 0 aliphatic rings. The Morgan fingerprint density at radius 3 is 2.83 bits per heavy atom. The van der Waals surface area contributed by atoms with Crippen LogP contribution in [0.2, 0.25) is 0 Å². The predicted octanol–water partition coefficient (Wildman–Crippen LogP) is 0.160. The van der Waals surface area contributed by atoms with Crippen molar-refractivity contribution < 1.29 is 12.8 Å². The van der Waals surface area contributed by atoms with Gasteiger partial charge in [0.2, 0.25) is 10.0 Å². The molecular formula is C9H10FN5O2S. The van der Waals surface area contributed by atoms with E-state index >= 15 is 0 Å². The zero-order valence-electron chi connectivity index (χ0n) is 9.41. The Morgan fingerprint density at radius 2 is 2.22 bits per heavy atom. The Morgan fingerprint density at radius 1 is 1.44 bits per heavy atom. The minimum absolute atomic E-state index is 0.0127. The lowest BCUT2D eigenvalue weighted by Gasteiger charge is -2.15. The molecule has 18 heavy (non-hydrogen) atoms. The third kappa shape index (κ3) is 2.51. The molecule has 1 N–H and O–H groups in total. The van der Waals surface area contributed by atoms with Gasteiger partial charge in [-0.2, -0.15) is 9.40 Å². The Kier molecular flexibility index (Phi) is 3.34. The summed E-state index contributed by atoms with van der Waals surface area (Å²) in [5.74, 6) is -0.311. The molecule has 2 aromatic heterocycles. The minimum Gasteiger partial charge on any atom is -0.262 e. The lowest BCUT2D eigenvalue weighted by Crippen LogP contribution is -2.27. The number of hydrogen-bond acceptors (Lipinski definition) is 5. The Bertz CT molecular complexity index is 628. The van der Waals surface area contributed by atoms with Crippen molar-refractivity contribution in [3.05, 3.63) is 36.4 Å². The van der Waals surface area contributed by atoms with E-state index < -0.39 is 15.8 Å². The molecule has 0 atom stereocenters. The van der Waals surface area contributed by atoms with Crippen LogP contribution in [0.1, 0.15) is 5.82 Å². The average Bonchev–Trinajstić information content (AvgIpc) is 2.81. The first kappa shape index (κ1) is 12.6. The zero-order valence-corrected chi connectivity index (χ0v) is 10.2. The molecule has 2 rings (SSSR count).